The molecule has 0 saturated carbocycles. The van der Waals surface area contributed by atoms with Crippen molar-refractivity contribution < 1.29 is 14.8 Å². The second-order valence-electron chi connectivity index (χ2n) is 6.37. The maximum absolute atomic E-state index is 11.5. The number of hydrogen-bond donors (Lipinski definition) is 0. The van der Waals surface area contributed by atoms with E-state index >= 15 is 0 Å². The first-order valence-electron chi connectivity index (χ1n) is 8.54. The SMILES string of the molecule is O=[N+]([O-])c1cc(P(c2cc([N+](=O)[O-])c(Cl)cc2Cl)c2cc([N+](=O)[O-])c(Cl)cc2Cl)c(Cl)cc1Cl. The predicted octanol–water partition coefficient (Wildman–Crippen LogP) is 7.09. The van der Waals surface area contributed by atoms with E-state index in [1.54, 1.807) is 0 Å². The molecule has 0 fully saturated rings. The third-order valence-corrected chi connectivity index (χ3v) is 9.16. The van der Waals surface area contributed by atoms with Crippen LogP contribution >= 0.6 is 77.5 Å². The van der Waals surface area contributed by atoms with Gasteiger partial charge in [-0.2, -0.15) is 0 Å². The summed E-state index contributed by atoms with van der Waals surface area (Å²) in [6, 6.07) is 6.52. The molecule has 9 nitrogen and oxygen atoms in total. The van der Waals surface area contributed by atoms with Gasteiger partial charge in [-0.3, -0.25) is 30.3 Å². The lowest BCUT2D eigenvalue weighted by Gasteiger charge is -2.23. The van der Waals surface area contributed by atoms with E-state index in [2.05, 4.69) is 0 Å². The summed E-state index contributed by atoms with van der Waals surface area (Å²) in [5, 5.41) is 33.7. The van der Waals surface area contributed by atoms with Crippen molar-refractivity contribution in [3.63, 3.8) is 0 Å². The van der Waals surface area contributed by atoms with E-state index in [1.807, 2.05) is 0 Å². The minimum atomic E-state index is -2.15. The quantitative estimate of drug-likeness (QED) is 0.168. The molecule has 0 unspecified atom stereocenters. The largest absolute Gasteiger partial charge is 0.288 e. The molecule has 0 atom stereocenters. The molecule has 3 aromatic rings. The number of nitro groups is 3. The van der Waals surface area contributed by atoms with Gasteiger partial charge in [0.1, 0.15) is 15.1 Å². The molecule has 0 saturated heterocycles. The topological polar surface area (TPSA) is 129 Å². The van der Waals surface area contributed by atoms with Gasteiger partial charge in [-0.1, -0.05) is 69.6 Å². The van der Waals surface area contributed by atoms with Crippen molar-refractivity contribution in [3.8, 4) is 0 Å². The van der Waals surface area contributed by atoms with Crippen LogP contribution in [-0.4, -0.2) is 14.8 Å². The van der Waals surface area contributed by atoms with Crippen molar-refractivity contribution in [2.24, 2.45) is 0 Å². The molecular weight excluding hydrogens is 598 g/mol. The summed E-state index contributed by atoms with van der Waals surface area (Å²) in [7, 11) is -2.15. The Balaban J connectivity index is 2.48. The van der Waals surface area contributed by atoms with Crippen molar-refractivity contribution in [2.75, 3.05) is 0 Å². The predicted molar refractivity (Wildman–Crippen MR) is 135 cm³/mol. The Labute approximate surface area is 221 Å². The van der Waals surface area contributed by atoms with E-state index in [-0.39, 0.29) is 46.0 Å². The smallest absolute Gasteiger partial charge is 0.258 e. The Morgan fingerprint density at radius 3 is 0.912 bits per heavy atom. The third-order valence-electron chi connectivity index (χ3n) is 4.36. The van der Waals surface area contributed by atoms with Gasteiger partial charge in [0, 0.05) is 34.1 Å². The normalized spacial score (nSPS) is 11.0. The van der Waals surface area contributed by atoms with Gasteiger partial charge in [-0.15, -0.1) is 0 Å². The Bertz CT molecular complexity index is 1220. The lowest BCUT2D eigenvalue weighted by Crippen LogP contribution is -2.24. The van der Waals surface area contributed by atoms with E-state index in [9.17, 15) is 30.3 Å². The fourth-order valence-corrected chi connectivity index (χ4v) is 7.39. The Hall–Kier alpha value is -1.97. The van der Waals surface area contributed by atoms with Crippen molar-refractivity contribution >= 4 is 111 Å². The van der Waals surface area contributed by atoms with E-state index in [0.29, 0.717) is 0 Å². The first-order valence-corrected chi connectivity index (χ1v) is 12.1. The molecule has 0 amide bonds. The molecule has 0 radical (unpaired) electrons. The van der Waals surface area contributed by atoms with Gasteiger partial charge < -0.3 is 0 Å². The number of nitrogens with zero attached hydrogens (tertiary/aromatic N) is 3. The zero-order chi connectivity index (χ0) is 25.5. The highest BCUT2D eigenvalue weighted by Gasteiger charge is 2.31. The second kappa shape index (κ2) is 10.3. The molecule has 0 aliphatic rings. The van der Waals surface area contributed by atoms with Gasteiger partial charge in [0.25, 0.3) is 17.1 Å². The number of hydrogen-bond acceptors (Lipinski definition) is 6. The molecule has 34 heavy (non-hydrogen) atoms. The van der Waals surface area contributed by atoms with Gasteiger partial charge in [0.15, 0.2) is 0 Å². The van der Waals surface area contributed by atoms with Crippen LogP contribution in [0.1, 0.15) is 0 Å². The van der Waals surface area contributed by atoms with Gasteiger partial charge >= 0.3 is 0 Å². The maximum atomic E-state index is 11.5. The highest BCUT2D eigenvalue weighted by molar-refractivity contribution is 7.80. The first kappa shape index (κ1) is 26.6. The van der Waals surface area contributed by atoms with Gasteiger partial charge in [-0.25, -0.2) is 0 Å². The standard InChI is InChI=1S/C18H6Cl6N3O6P/c19-7-1-10(22)16(4-13(7)25(28)29)34(17-5-14(26(30)31)8(20)2-11(17)23)18-6-15(27(32)33)9(21)3-12(18)24/h1-6H. The zero-order valence-electron chi connectivity index (χ0n) is 16.0. The first-order chi connectivity index (χ1) is 15.8. The molecule has 0 bridgehead atoms. The summed E-state index contributed by atoms with van der Waals surface area (Å²) in [5.74, 6) is 0. The van der Waals surface area contributed by atoms with Crippen molar-refractivity contribution in [1.29, 1.82) is 0 Å². The fraction of sp³-hybridized carbons (Fsp3) is 0. The molecule has 0 N–H and O–H groups in total. The molecule has 3 aromatic carbocycles. The molecule has 3 rings (SSSR count). The lowest BCUT2D eigenvalue weighted by atomic mass is 10.3. The summed E-state index contributed by atoms with van der Waals surface area (Å²) in [5.41, 5.74) is -1.56. The van der Waals surface area contributed by atoms with Crippen LogP contribution in [0.2, 0.25) is 30.1 Å². The fourth-order valence-electron chi connectivity index (χ4n) is 2.90. The van der Waals surface area contributed by atoms with Gasteiger partial charge in [0.05, 0.1) is 29.8 Å². The molecule has 16 heteroatoms. The molecule has 176 valence electrons. The zero-order valence-corrected chi connectivity index (χ0v) is 21.4. The Morgan fingerprint density at radius 2 is 0.706 bits per heavy atom. The van der Waals surface area contributed by atoms with Crippen molar-refractivity contribution in [2.45, 2.75) is 0 Å². The third kappa shape index (κ3) is 5.16. The molecular formula is C18H6Cl6N3O6P. The summed E-state index contributed by atoms with van der Waals surface area (Å²) >= 11 is 37.0. The van der Waals surface area contributed by atoms with E-state index in [4.69, 9.17) is 69.6 Å². The van der Waals surface area contributed by atoms with Crippen LogP contribution in [0.5, 0.6) is 0 Å². The van der Waals surface area contributed by atoms with Crippen LogP contribution in [0.4, 0.5) is 17.1 Å². The minimum absolute atomic E-state index is 0.0600. The summed E-state index contributed by atoms with van der Waals surface area (Å²) in [6.07, 6.45) is 0. The van der Waals surface area contributed by atoms with Crippen LogP contribution in [-0.2, 0) is 0 Å². The molecule has 0 aromatic heterocycles. The number of benzene rings is 3. The van der Waals surface area contributed by atoms with E-state index < -0.39 is 39.8 Å². The van der Waals surface area contributed by atoms with Crippen LogP contribution in [0, 0.1) is 30.3 Å². The average molecular weight is 604 g/mol. The average Bonchev–Trinajstić information content (AvgIpc) is 2.71. The highest BCUT2D eigenvalue weighted by atomic mass is 35.5. The molecule has 0 aliphatic heterocycles. The van der Waals surface area contributed by atoms with Gasteiger partial charge in [0.2, 0.25) is 0 Å². The number of nitro benzene ring substituents is 3. The minimum Gasteiger partial charge on any atom is -0.258 e. The Morgan fingerprint density at radius 1 is 0.471 bits per heavy atom. The number of rotatable bonds is 6. The van der Waals surface area contributed by atoms with Crippen molar-refractivity contribution in [1.82, 2.24) is 0 Å². The molecule has 0 heterocycles. The lowest BCUT2D eigenvalue weighted by molar-refractivity contribution is -0.384. The molecule has 0 spiro atoms. The van der Waals surface area contributed by atoms with Crippen LogP contribution < -0.4 is 15.9 Å². The highest BCUT2D eigenvalue weighted by Crippen LogP contribution is 2.45. The van der Waals surface area contributed by atoms with Crippen LogP contribution in [0.3, 0.4) is 0 Å². The summed E-state index contributed by atoms with van der Waals surface area (Å²) < 4.78 is 0. The monoisotopic (exact) mass is 601 g/mol. The van der Waals surface area contributed by atoms with Gasteiger partial charge in [-0.05, 0) is 26.1 Å². The summed E-state index contributed by atoms with van der Waals surface area (Å²) in [6.45, 7) is 0. The summed E-state index contributed by atoms with van der Waals surface area (Å²) in [4.78, 5) is 32.3. The second-order valence-corrected chi connectivity index (χ2v) is 10.9. The van der Waals surface area contributed by atoms with Crippen molar-refractivity contribution in [3.05, 3.63) is 96.9 Å². The van der Waals surface area contributed by atoms with Crippen LogP contribution in [0.15, 0.2) is 36.4 Å². The maximum Gasteiger partial charge on any atom is 0.288 e. The Kier molecular flexibility index (Phi) is 8.10. The van der Waals surface area contributed by atoms with Crippen LogP contribution in [0.25, 0.3) is 0 Å². The molecule has 0 aliphatic carbocycles. The number of halogens is 6. The van der Waals surface area contributed by atoms with E-state index in [0.717, 1.165) is 36.4 Å². The van der Waals surface area contributed by atoms with E-state index in [1.165, 1.54) is 0 Å².